The SMILES string of the molecule is CCN(C(=O)c1c(C)oc2ncnc(N3CCOCC3)c12)c1ccccc1. The molecule has 7 heteroatoms. The molecule has 0 aliphatic carbocycles. The van der Waals surface area contributed by atoms with Gasteiger partial charge in [0.2, 0.25) is 5.71 Å². The Labute approximate surface area is 157 Å². The van der Waals surface area contributed by atoms with Crippen molar-refractivity contribution in [2.75, 3.05) is 42.6 Å². The summed E-state index contributed by atoms with van der Waals surface area (Å²) in [5.41, 5.74) is 1.82. The Morgan fingerprint density at radius 3 is 2.63 bits per heavy atom. The number of aryl methyl sites for hydroxylation is 1. The van der Waals surface area contributed by atoms with Gasteiger partial charge in [0.15, 0.2) is 0 Å². The van der Waals surface area contributed by atoms with E-state index in [9.17, 15) is 4.79 Å². The minimum absolute atomic E-state index is 0.107. The van der Waals surface area contributed by atoms with Gasteiger partial charge in [0.05, 0.1) is 24.2 Å². The number of hydrogen-bond acceptors (Lipinski definition) is 6. The summed E-state index contributed by atoms with van der Waals surface area (Å²) in [6.07, 6.45) is 1.49. The maximum Gasteiger partial charge on any atom is 0.262 e. The molecule has 0 atom stereocenters. The average Bonchev–Trinajstić information content (AvgIpc) is 3.05. The number of nitrogens with zero attached hydrogens (tertiary/aromatic N) is 4. The van der Waals surface area contributed by atoms with Crippen molar-refractivity contribution in [2.24, 2.45) is 0 Å². The summed E-state index contributed by atoms with van der Waals surface area (Å²) in [5.74, 6) is 1.18. The molecule has 0 bridgehead atoms. The topological polar surface area (TPSA) is 71.7 Å². The second kappa shape index (κ2) is 7.36. The number of anilines is 2. The van der Waals surface area contributed by atoms with Gasteiger partial charge in [0.25, 0.3) is 5.91 Å². The molecule has 1 saturated heterocycles. The number of morpholine rings is 1. The molecule has 1 fully saturated rings. The van der Waals surface area contributed by atoms with E-state index in [0.717, 1.165) is 24.6 Å². The number of hydrogen-bond donors (Lipinski definition) is 0. The molecule has 27 heavy (non-hydrogen) atoms. The van der Waals surface area contributed by atoms with Gasteiger partial charge in [-0.1, -0.05) is 18.2 Å². The molecular formula is C20H22N4O3. The molecule has 0 radical (unpaired) electrons. The quantitative estimate of drug-likeness (QED) is 0.707. The van der Waals surface area contributed by atoms with Gasteiger partial charge in [-0.25, -0.2) is 9.97 Å². The van der Waals surface area contributed by atoms with Crippen molar-refractivity contribution >= 4 is 28.5 Å². The van der Waals surface area contributed by atoms with Crippen LogP contribution in [-0.2, 0) is 4.74 Å². The Morgan fingerprint density at radius 1 is 1.19 bits per heavy atom. The Kier molecular flexibility index (Phi) is 4.77. The number of rotatable bonds is 4. The number of ether oxygens (including phenoxy) is 1. The summed E-state index contributed by atoms with van der Waals surface area (Å²) >= 11 is 0. The third-order valence-corrected chi connectivity index (χ3v) is 4.80. The first-order valence-electron chi connectivity index (χ1n) is 9.14. The molecule has 3 aromatic rings. The lowest BCUT2D eigenvalue weighted by molar-refractivity contribution is 0.0988. The fraction of sp³-hybridized carbons (Fsp3) is 0.350. The molecule has 0 unspecified atom stereocenters. The monoisotopic (exact) mass is 366 g/mol. The van der Waals surface area contributed by atoms with Gasteiger partial charge in [-0.05, 0) is 26.0 Å². The molecule has 0 spiro atoms. The highest BCUT2D eigenvalue weighted by Gasteiger charge is 2.28. The van der Waals surface area contributed by atoms with Crippen LogP contribution in [0.15, 0.2) is 41.1 Å². The van der Waals surface area contributed by atoms with E-state index in [0.29, 0.717) is 42.2 Å². The minimum atomic E-state index is -0.107. The first kappa shape index (κ1) is 17.5. The highest BCUT2D eigenvalue weighted by Crippen LogP contribution is 2.33. The molecule has 1 aliphatic heterocycles. The third kappa shape index (κ3) is 3.14. The van der Waals surface area contributed by atoms with Gasteiger partial charge < -0.3 is 19.0 Å². The smallest absolute Gasteiger partial charge is 0.262 e. The molecule has 1 amide bonds. The van der Waals surface area contributed by atoms with Crippen molar-refractivity contribution in [3.63, 3.8) is 0 Å². The lowest BCUT2D eigenvalue weighted by Gasteiger charge is -2.28. The Bertz CT molecular complexity index is 949. The summed E-state index contributed by atoms with van der Waals surface area (Å²) in [5, 5.41) is 0.677. The van der Waals surface area contributed by atoms with Crippen molar-refractivity contribution in [2.45, 2.75) is 13.8 Å². The average molecular weight is 366 g/mol. The summed E-state index contributed by atoms with van der Waals surface area (Å²) in [6.45, 7) is 7.03. The van der Waals surface area contributed by atoms with E-state index in [1.165, 1.54) is 6.33 Å². The van der Waals surface area contributed by atoms with Crippen LogP contribution in [0.3, 0.4) is 0 Å². The van der Waals surface area contributed by atoms with Gasteiger partial charge in [-0.15, -0.1) is 0 Å². The van der Waals surface area contributed by atoms with Crippen molar-refractivity contribution in [3.8, 4) is 0 Å². The van der Waals surface area contributed by atoms with Crippen molar-refractivity contribution in [1.82, 2.24) is 9.97 Å². The van der Waals surface area contributed by atoms with Gasteiger partial charge in [0, 0.05) is 25.3 Å². The molecule has 1 aliphatic rings. The first-order chi connectivity index (χ1) is 13.2. The number of furan rings is 1. The molecule has 4 rings (SSSR count). The van der Waals surface area contributed by atoms with Crippen LogP contribution in [0.25, 0.3) is 11.1 Å². The minimum Gasteiger partial charge on any atom is -0.442 e. The number of carbonyl (C=O) groups excluding carboxylic acids is 1. The zero-order valence-corrected chi connectivity index (χ0v) is 15.5. The molecule has 140 valence electrons. The summed E-state index contributed by atoms with van der Waals surface area (Å²) in [4.78, 5) is 26.1. The molecule has 0 N–H and O–H groups in total. The van der Waals surface area contributed by atoms with Gasteiger partial charge in [0.1, 0.15) is 17.9 Å². The van der Waals surface area contributed by atoms with E-state index in [-0.39, 0.29) is 5.91 Å². The summed E-state index contributed by atoms with van der Waals surface area (Å²) in [7, 11) is 0. The maximum atomic E-state index is 13.5. The fourth-order valence-electron chi connectivity index (χ4n) is 3.49. The Balaban J connectivity index is 1.83. The van der Waals surface area contributed by atoms with Crippen molar-refractivity contribution in [1.29, 1.82) is 0 Å². The zero-order valence-electron chi connectivity index (χ0n) is 15.5. The highest BCUT2D eigenvalue weighted by atomic mass is 16.5. The van der Waals surface area contributed by atoms with Crippen LogP contribution in [0.2, 0.25) is 0 Å². The lowest BCUT2D eigenvalue weighted by Crippen LogP contribution is -2.37. The van der Waals surface area contributed by atoms with Crippen LogP contribution < -0.4 is 9.80 Å². The number of benzene rings is 1. The molecule has 1 aromatic carbocycles. The largest absolute Gasteiger partial charge is 0.442 e. The highest BCUT2D eigenvalue weighted by molar-refractivity contribution is 6.16. The summed E-state index contributed by atoms with van der Waals surface area (Å²) in [6, 6.07) is 9.64. The van der Waals surface area contributed by atoms with E-state index >= 15 is 0 Å². The van der Waals surface area contributed by atoms with Crippen LogP contribution in [0.5, 0.6) is 0 Å². The van der Waals surface area contributed by atoms with E-state index < -0.39 is 0 Å². The Hall–Kier alpha value is -2.93. The molecule has 7 nitrogen and oxygen atoms in total. The number of carbonyl (C=O) groups is 1. The standard InChI is InChI=1S/C20H22N4O3/c1-3-24(15-7-5-4-6-8-15)20(25)16-14(2)27-19-17(16)18(21-13-22-19)23-9-11-26-12-10-23/h4-8,13H,3,9-12H2,1-2H3. The van der Waals surface area contributed by atoms with Crippen LogP contribution in [0.1, 0.15) is 23.0 Å². The normalized spacial score (nSPS) is 14.5. The number of aromatic nitrogens is 2. The molecule has 0 saturated carbocycles. The van der Waals surface area contributed by atoms with Gasteiger partial charge in [-0.2, -0.15) is 0 Å². The second-order valence-electron chi connectivity index (χ2n) is 6.40. The lowest BCUT2D eigenvalue weighted by atomic mass is 10.1. The fourth-order valence-corrected chi connectivity index (χ4v) is 3.49. The molecular weight excluding hydrogens is 344 g/mol. The number of amides is 1. The van der Waals surface area contributed by atoms with E-state index in [4.69, 9.17) is 9.15 Å². The van der Waals surface area contributed by atoms with Crippen LogP contribution in [-0.4, -0.2) is 48.7 Å². The second-order valence-corrected chi connectivity index (χ2v) is 6.40. The zero-order chi connectivity index (χ0) is 18.8. The summed E-state index contributed by atoms with van der Waals surface area (Å²) < 4.78 is 11.3. The molecule has 2 aromatic heterocycles. The van der Waals surface area contributed by atoms with Crippen LogP contribution >= 0.6 is 0 Å². The molecule has 3 heterocycles. The van der Waals surface area contributed by atoms with Gasteiger partial charge in [-0.3, -0.25) is 4.79 Å². The number of fused-ring (bicyclic) bond motifs is 1. The Morgan fingerprint density at radius 2 is 1.93 bits per heavy atom. The van der Waals surface area contributed by atoms with Crippen molar-refractivity contribution < 1.29 is 13.9 Å². The van der Waals surface area contributed by atoms with E-state index in [2.05, 4.69) is 14.9 Å². The van der Waals surface area contributed by atoms with E-state index in [1.807, 2.05) is 37.3 Å². The number of para-hydroxylation sites is 1. The van der Waals surface area contributed by atoms with Crippen LogP contribution in [0, 0.1) is 6.92 Å². The van der Waals surface area contributed by atoms with E-state index in [1.54, 1.807) is 11.8 Å². The van der Waals surface area contributed by atoms with Gasteiger partial charge >= 0.3 is 0 Å². The predicted molar refractivity (Wildman–Crippen MR) is 103 cm³/mol. The third-order valence-electron chi connectivity index (χ3n) is 4.80. The van der Waals surface area contributed by atoms with Crippen molar-refractivity contribution in [3.05, 3.63) is 48.0 Å². The van der Waals surface area contributed by atoms with Crippen LogP contribution in [0.4, 0.5) is 11.5 Å². The predicted octanol–water partition coefficient (Wildman–Crippen LogP) is 3.03. The maximum absolute atomic E-state index is 13.5. The first-order valence-corrected chi connectivity index (χ1v) is 9.14.